The summed E-state index contributed by atoms with van der Waals surface area (Å²) in [4.78, 5) is 0. The lowest BCUT2D eigenvalue weighted by Crippen LogP contribution is -2.04. The van der Waals surface area contributed by atoms with Crippen molar-refractivity contribution < 1.29 is 4.74 Å². The van der Waals surface area contributed by atoms with Gasteiger partial charge in [-0.15, -0.1) is 0 Å². The molecule has 0 aromatic carbocycles. The third kappa shape index (κ3) is 2.57. The first kappa shape index (κ1) is 6.89. The number of hydrogen-bond donors (Lipinski definition) is 0. The molecule has 0 aromatic heterocycles. The van der Waals surface area contributed by atoms with E-state index < -0.39 is 0 Å². The van der Waals surface area contributed by atoms with Gasteiger partial charge in [-0.3, -0.25) is 0 Å². The summed E-state index contributed by atoms with van der Waals surface area (Å²) in [7, 11) is 1.60. The lowest BCUT2D eigenvalue weighted by Gasteiger charge is -2.02. The summed E-state index contributed by atoms with van der Waals surface area (Å²) in [6.07, 6.45) is 0. The number of hydrogen-bond acceptors (Lipinski definition) is 2. The third-order valence-corrected chi connectivity index (χ3v) is 1.31. The molecular weight excluding hydrogens is 108 g/mol. The Balaban J connectivity index is 3.35. The summed E-state index contributed by atoms with van der Waals surface area (Å²) in [6.45, 7) is 4.01. The number of thiocarbonyl (C=S) groups is 1. The molecule has 2 heteroatoms. The van der Waals surface area contributed by atoms with Gasteiger partial charge in [-0.05, 0) is 12.2 Å². The van der Waals surface area contributed by atoms with Crippen LogP contribution in [-0.2, 0) is 4.74 Å². The topological polar surface area (TPSA) is 9.23 Å². The molecule has 0 amide bonds. The quantitative estimate of drug-likeness (QED) is 0.484. The summed E-state index contributed by atoms with van der Waals surface area (Å²) in [5.41, 5.74) is 0. The van der Waals surface area contributed by atoms with E-state index in [1.165, 1.54) is 0 Å². The average molecular weight is 118 g/mol. The highest BCUT2D eigenvalue weighted by molar-refractivity contribution is 7.80. The van der Waals surface area contributed by atoms with E-state index in [4.69, 9.17) is 17.0 Å². The molecule has 42 valence electrons. The Morgan fingerprint density at radius 3 is 2.00 bits per heavy atom. The minimum absolute atomic E-state index is 0.375. The first-order chi connectivity index (χ1) is 3.18. The summed E-state index contributed by atoms with van der Waals surface area (Å²) >= 11 is 4.76. The van der Waals surface area contributed by atoms with Crippen molar-refractivity contribution in [2.75, 3.05) is 7.11 Å². The maximum Gasteiger partial charge on any atom is 0.161 e. The van der Waals surface area contributed by atoms with E-state index in [-0.39, 0.29) is 0 Å². The molecule has 0 unspecified atom stereocenters. The Kier molecular flexibility index (Phi) is 2.92. The van der Waals surface area contributed by atoms with Crippen molar-refractivity contribution in [2.24, 2.45) is 5.92 Å². The van der Waals surface area contributed by atoms with E-state index in [0.717, 1.165) is 0 Å². The smallest absolute Gasteiger partial charge is 0.161 e. The fraction of sp³-hybridized carbons (Fsp3) is 0.800. The Hall–Kier alpha value is -0.110. The fourth-order valence-electron chi connectivity index (χ4n) is 0.236. The van der Waals surface area contributed by atoms with Crippen LogP contribution < -0.4 is 0 Å². The van der Waals surface area contributed by atoms with Gasteiger partial charge >= 0.3 is 0 Å². The molecule has 0 aliphatic heterocycles. The molecule has 7 heavy (non-hydrogen) atoms. The summed E-state index contributed by atoms with van der Waals surface area (Å²) in [5.74, 6) is 0.375. The molecule has 0 saturated heterocycles. The van der Waals surface area contributed by atoms with Crippen LogP contribution in [-0.4, -0.2) is 12.2 Å². The van der Waals surface area contributed by atoms with E-state index in [1.54, 1.807) is 7.11 Å². The summed E-state index contributed by atoms with van der Waals surface area (Å²) in [6, 6.07) is 0. The first-order valence-corrected chi connectivity index (χ1v) is 2.67. The molecular formula is C5H10OS. The zero-order valence-electron chi connectivity index (χ0n) is 4.89. The van der Waals surface area contributed by atoms with E-state index in [2.05, 4.69) is 0 Å². The van der Waals surface area contributed by atoms with Crippen LogP contribution in [0.2, 0.25) is 0 Å². The van der Waals surface area contributed by atoms with Crippen LogP contribution in [0.4, 0.5) is 0 Å². The monoisotopic (exact) mass is 118 g/mol. The van der Waals surface area contributed by atoms with Gasteiger partial charge in [0, 0.05) is 5.92 Å². The predicted octanol–water partition coefficient (Wildman–Crippen LogP) is 1.62. The molecule has 0 aliphatic rings. The minimum atomic E-state index is 0.375. The van der Waals surface area contributed by atoms with Crippen molar-refractivity contribution in [1.29, 1.82) is 0 Å². The molecule has 0 aromatic rings. The zero-order valence-corrected chi connectivity index (χ0v) is 5.71. The first-order valence-electron chi connectivity index (χ1n) is 2.26. The van der Waals surface area contributed by atoms with Crippen molar-refractivity contribution >= 4 is 17.3 Å². The number of ether oxygens (including phenoxy) is 1. The second-order valence-corrected chi connectivity index (χ2v) is 2.08. The normalized spacial score (nSPS) is 9.14. The van der Waals surface area contributed by atoms with Crippen LogP contribution in [0.5, 0.6) is 0 Å². The summed E-state index contributed by atoms with van der Waals surface area (Å²) in [5, 5.41) is 0.681. The van der Waals surface area contributed by atoms with Crippen molar-refractivity contribution in [2.45, 2.75) is 13.8 Å². The molecule has 0 fully saturated rings. The summed E-state index contributed by atoms with van der Waals surface area (Å²) < 4.78 is 4.74. The van der Waals surface area contributed by atoms with Gasteiger partial charge in [-0.25, -0.2) is 0 Å². The standard InChI is InChI=1S/C5H10OS/c1-4(2)5(7)6-3/h4H,1-3H3. The maximum atomic E-state index is 4.76. The van der Waals surface area contributed by atoms with E-state index in [9.17, 15) is 0 Å². The number of methoxy groups -OCH3 is 1. The second kappa shape index (κ2) is 2.97. The third-order valence-electron chi connectivity index (χ3n) is 0.673. The average Bonchev–Trinajstić information content (AvgIpc) is 1.65. The van der Waals surface area contributed by atoms with Crippen molar-refractivity contribution in [3.05, 3.63) is 0 Å². The second-order valence-electron chi connectivity index (χ2n) is 1.68. The minimum Gasteiger partial charge on any atom is -0.490 e. The van der Waals surface area contributed by atoms with E-state index in [1.807, 2.05) is 13.8 Å². The molecule has 0 rings (SSSR count). The highest BCUT2D eigenvalue weighted by atomic mass is 32.1. The fourth-order valence-corrected chi connectivity index (χ4v) is 0.236. The van der Waals surface area contributed by atoms with E-state index >= 15 is 0 Å². The lowest BCUT2D eigenvalue weighted by molar-refractivity contribution is 0.388. The van der Waals surface area contributed by atoms with Gasteiger partial charge in [0.1, 0.15) is 0 Å². The van der Waals surface area contributed by atoms with Crippen LogP contribution in [0.3, 0.4) is 0 Å². The number of rotatable bonds is 1. The van der Waals surface area contributed by atoms with Gasteiger partial charge in [0.2, 0.25) is 0 Å². The molecule has 0 spiro atoms. The molecule has 0 N–H and O–H groups in total. The maximum absolute atomic E-state index is 4.76. The Bertz CT molecular complexity index is 68.5. The van der Waals surface area contributed by atoms with Crippen LogP contribution in [0.15, 0.2) is 0 Å². The van der Waals surface area contributed by atoms with Gasteiger partial charge in [0.15, 0.2) is 5.05 Å². The van der Waals surface area contributed by atoms with Gasteiger partial charge in [-0.1, -0.05) is 13.8 Å². The highest BCUT2D eigenvalue weighted by Crippen LogP contribution is 1.95. The lowest BCUT2D eigenvalue weighted by atomic mass is 10.2. The molecule has 1 nitrogen and oxygen atoms in total. The SMILES string of the molecule is COC(=S)C(C)C. The Labute approximate surface area is 49.7 Å². The Morgan fingerprint density at radius 1 is 1.57 bits per heavy atom. The Morgan fingerprint density at radius 2 is 2.00 bits per heavy atom. The van der Waals surface area contributed by atoms with Crippen LogP contribution >= 0.6 is 12.2 Å². The molecule has 0 radical (unpaired) electrons. The van der Waals surface area contributed by atoms with Gasteiger partial charge in [0.05, 0.1) is 7.11 Å². The predicted molar refractivity (Wildman–Crippen MR) is 34.4 cm³/mol. The molecule has 0 aliphatic carbocycles. The van der Waals surface area contributed by atoms with Crippen molar-refractivity contribution in [3.8, 4) is 0 Å². The molecule has 0 heterocycles. The van der Waals surface area contributed by atoms with Gasteiger partial charge in [-0.2, -0.15) is 0 Å². The van der Waals surface area contributed by atoms with Crippen LogP contribution in [0.1, 0.15) is 13.8 Å². The molecule has 0 saturated carbocycles. The molecule has 0 bridgehead atoms. The van der Waals surface area contributed by atoms with Gasteiger partial charge < -0.3 is 4.74 Å². The molecule has 0 atom stereocenters. The van der Waals surface area contributed by atoms with Crippen LogP contribution in [0.25, 0.3) is 0 Å². The zero-order chi connectivity index (χ0) is 5.86. The van der Waals surface area contributed by atoms with E-state index in [0.29, 0.717) is 11.0 Å². The largest absolute Gasteiger partial charge is 0.490 e. The highest BCUT2D eigenvalue weighted by Gasteiger charge is 1.97. The van der Waals surface area contributed by atoms with Crippen molar-refractivity contribution in [1.82, 2.24) is 0 Å². The van der Waals surface area contributed by atoms with Gasteiger partial charge in [0.25, 0.3) is 0 Å². The van der Waals surface area contributed by atoms with Crippen LogP contribution in [0, 0.1) is 5.92 Å². The van der Waals surface area contributed by atoms with Crippen molar-refractivity contribution in [3.63, 3.8) is 0 Å².